The number of hydrogen-bond acceptors (Lipinski definition) is 3. The second-order valence-corrected chi connectivity index (χ2v) is 1.41. The van der Waals surface area contributed by atoms with Gasteiger partial charge in [-0.1, -0.05) is 0 Å². The quantitative estimate of drug-likeness (QED) is 0.202. The summed E-state index contributed by atoms with van der Waals surface area (Å²) in [6.07, 6.45) is 0. The van der Waals surface area contributed by atoms with Crippen molar-refractivity contribution in [3.63, 3.8) is 0 Å². The van der Waals surface area contributed by atoms with Gasteiger partial charge in [0.1, 0.15) is 0 Å². The van der Waals surface area contributed by atoms with Crippen LogP contribution in [0.15, 0.2) is 0 Å². The Bertz CT molecular complexity index is 108. The van der Waals surface area contributed by atoms with E-state index in [9.17, 15) is 0 Å². The third-order valence-electron chi connectivity index (χ3n) is 0. The first-order chi connectivity index (χ1) is 3.46. The molecule has 0 aromatic carbocycles. The van der Waals surface area contributed by atoms with Gasteiger partial charge in [-0.15, -0.1) is 0 Å². The summed E-state index contributed by atoms with van der Waals surface area (Å²) < 4.78 is 47.0. The average molecular weight is 164 g/mol. The molecule has 0 heterocycles. The van der Waals surface area contributed by atoms with E-state index >= 15 is 0 Å². The summed E-state index contributed by atoms with van der Waals surface area (Å²) in [4.78, 5) is 0. The minimum absolute atomic E-state index is 2.61. The van der Waals surface area contributed by atoms with E-state index in [-0.39, 0.29) is 0 Å². The van der Waals surface area contributed by atoms with E-state index in [0.717, 1.165) is 0 Å². The summed E-state index contributed by atoms with van der Waals surface area (Å²) in [5.41, 5.74) is 0. The van der Waals surface area contributed by atoms with Crippen molar-refractivity contribution >= 4 is 22.3 Å². The normalized spacial score (nSPS) is 8.62. The van der Waals surface area contributed by atoms with Crippen molar-refractivity contribution in [1.82, 2.24) is 0 Å². The molecule has 0 rings (SSSR count). The first-order valence-corrected chi connectivity index (χ1v) is 3.29. The molecule has 0 amide bonds. The van der Waals surface area contributed by atoms with Gasteiger partial charge in [0.2, 0.25) is 0 Å². The lowest BCUT2D eigenvalue weighted by Gasteiger charge is -1.59. The van der Waals surface area contributed by atoms with Crippen molar-refractivity contribution in [1.29, 1.82) is 0 Å². The van der Waals surface area contributed by atoms with Gasteiger partial charge in [0.15, 0.2) is 0 Å². The largest absolute Gasteiger partial charge is 0.299 e. The molecule has 0 atom stereocenters. The van der Waals surface area contributed by atoms with E-state index in [2.05, 4.69) is 0 Å². The van der Waals surface area contributed by atoms with Crippen LogP contribution >= 0.6 is 0 Å². The van der Waals surface area contributed by atoms with Crippen LogP contribution in [-0.2, 0) is 22.3 Å². The maximum absolute atomic E-state index is 8.67. The smallest absolute Gasteiger partial charge is 0.288 e. The Kier molecular flexibility index (Phi) is 9.49. The van der Waals surface area contributed by atoms with Crippen molar-refractivity contribution < 1.29 is 26.3 Å². The van der Waals surface area contributed by atoms with Crippen LogP contribution in [0.5, 0.6) is 0 Å². The molecule has 3 N–H and O–H groups in total. The molecule has 0 saturated carbocycles. The van der Waals surface area contributed by atoms with E-state index in [4.69, 9.17) is 26.3 Å². The fraction of sp³-hybridized carbons (Fsp3) is 0. The molecular formula is H4O6S2. The van der Waals surface area contributed by atoms with Crippen LogP contribution in [0.1, 0.15) is 0 Å². The van der Waals surface area contributed by atoms with Crippen LogP contribution in [0.2, 0.25) is 0 Å². The Morgan fingerprint density at radius 1 is 1.25 bits per heavy atom. The van der Waals surface area contributed by atoms with E-state index < -0.39 is 22.3 Å². The lowest BCUT2D eigenvalue weighted by Crippen LogP contribution is -1.74. The van der Waals surface area contributed by atoms with Gasteiger partial charge in [0, 0.05) is 0 Å². The first-order valence-electron chi connectivity index (χ1n) is 1.10. The van der Waals surface area contributed by atoms with Crippen molar-refractivity contribution in [2.45, 2.75) is 0 Å². The Labute approximate surface area is 49.4 Å². The second kappa shape index (κ2) is 6.98. The summed E-state index contributed by atoms with van der Waals surface area (Å²) >= 11 is -2.61. The van der Waals surface area contributed by atoms with E-state index in [0.29, 0.717) is 0 Å². The van der Waals surface area contributed by atoms with Crippen molar-refractivity contribution in [3.8, 4) is 0 Å². The molecule has 0 radical (unpaired) electrons. The highest BCUT2D eigenvalue weighted by Crippen LogP contribution is 1.44. The molecule has 0 aromatic rings. The maximum atomic E-state index is 8.67. The SMILES string of the molecule is O=S(O)O.O=[SH](=O)O. The topological polar surface area (TPSA) is 112 Å². The van der Waals surface area contributed by atoms with Gasteiger partial charge in [-0.25, -0.2) is 8.42 Å². The molecule has 0 fully saturated rings. The molecule has 0 aliphatic heterocycles. The number of hydrogen-bond donors (Lipinski definition) is 4. The summed E-state index contributed by atoms with van der Waals surface area (Å²) in [5, 5.41) is 0. The molecule has 0 unspecified atom stereocenters. The number of thiol groups is 1. The van der Waals surface area contributed by atoms with Crippen molar-refractivity contribution in [2.24, 2.45) is 0 Å². The first kappa shape index (κ1) is 10.9. The fourth-order valence-electron chi connectivity index (χ4n) is 0. The van der Waals surface area contributed by atoms with E-state index in [1.165, 1.54) is 0 Å². The zero-order valence-electron chi connectivity index (χ0n) is 3.42. The van der Waals surface area contributed by atoms with Crippen LogP contribution in [0, 0.1) is 0 Å². The van der Waals surface area contributed by atoms with Crippen LogP contribution in [-0.4, -0.2) is 26.3 Å². The molecule has 52 valence electrons. The second-order valence-electron chi connectivity index (χ2n) is 0.469. The van der Waals surface area contributed by atoms with Crippen molar-refractivity contribution in [2.75, 3.05) is 0 Å². The highest BCUT2D eigenvalue weighted by molar-refractivity contribution is 7.73. The molecular weight excluding hydrogens is 160 g/mol. The van der Waals surface area contributed by atoms with Crippen LogP contribution in [0.25, 0.3) is 0 Å². The summed E-state index contributed by atoms with van der Waals surface area (Å²) in [6.45, 7) is 0. The zero-order valence-corrected chi connectivity index (χ0v) is 5.13. The Morgan fingerprint density at radius 2 is 1.25 bits per heavy atom. The predicted octanol–water partition coefficient (Wildman–Crippen LogP) is -1.25. The highest BCUT2D eigenvalue weighted by Gasteiger charge is 1.62. The van der Waals surface area contributed by atoms with Crippen LogP contribution in [0.4, 0.5) is 0 Å². The molecule has 0 aliphatic rings. The van der Waals surface area contributed by atoms with Gasteiger partial charge in [-0.3, -0.25) is 13.7 Å². The minimum Gasteiger partial charge on any atom is -0.288 e. The third kappa shape index (κ3) is 371000. The Balaban J connectivity index is 0. The Hall–Kier alpha value is -0.0200. The zero-order chi connectivity index (χ0) is 7.15. The Morgan fingerprint density at radius 3 is 1.25 bits per heavy atom. The fourth-order valence-corrected chi connectivity index (χ4v) is 0. The van der Waals surface area contributed by atoms with E-state index in [1.54, 1.807) is 0 Å². The molecule has 0 aromatic heterocycles. The molecule has 0 bridgehead atoms. The number of rotatable bonds is 0. The average Bonchev–Trinajstić information content (AvgIpc) is 1.25. The molecule has 6 nitrogen and oxygen atoms in total. The minimum atomic E-state index is -3.12. The van der Waals surface area contributed by atoms with Crippen molar-refractivity contribution in [3.05, 3.63) is 0 Å². The van der Waals surface area contributed by atoms with Crippen LogP contribution < -0.4 is 0 Å². The standard InChI is InChI=1S/2H2O3S/c2*1-4(2)3/h(H2,1,2,3);4H,(H,1,2,3). The third-order valence-corrected chi connectivity index (χ3v) is 0. The molecule has 8 heavy (non-hydrogen) atoms. The van der Waals surface area contributed by atoms with Gasteiger partial charge in [0.25, 0.3) is 22.3 Å². The molecule has 0 spiro atoms. The summed E-state index contributed by atoms with van der Waals surface area (Å²) in [7, 11) is -3.12. The van der Waals surface area contributed by atoms with Gasteiger partial charge in [0.05, 0.1) is 0 Å². The lowest BCUT2D eigenvalue weighted by molar-refractivity contribution is 0.454. The summed E-state index contributed by atoms with van der Waals surface area (Å²) in [6, 6.07) is 0. The van der Waals surface area contributed by atoms with Gasteiger partial charge in [-0.05, 0) is 0 Å². The lowest BCUT2D eigenvalue weighted by atomic mass is 15.8. The maximum Gasteiger partial charge on any atom is 0.299 e. The monoisotopic (exact) mass is 164 g/mol. The summed E-state index contributed by atoms with van der Waals surface area (Å²) in [5.74, 6) is 0. The van der Waals surface area contributed by atoms with Crippen LogP contribution in [0.3, 0.4) is 0 Å². The van der Waals surface area contributed by atoms with Gasteiger partial charge >= 0.3 is 0 Å². The van der Waals surface area contributed by atoms with E-state index in [1.807, 2.05) is 0 Å². The van der Waals surface area contributed by atoms with Gasteiger partial charge in [-0.2, -0.15) is 4.21 Å². The molecule has 0 aliphatic carbocycles. The molecule has 0 saturated heterocycles. The predicted molar refractivity (Wildman–Crippen MR) is 26.3 cm³/mol. The highest BCUT2D eigenvalue weighted by atomic mass is 32.2. The van der Waals surface area contributed by atoms with Gasteiger partial charge < -0.3 is 0 Å². The molecule has 8 heteroatoms.